The number of amides is 3. The van der Waals surface area contributed by atoms with E-state index in [0.29, 0.717) is 12.0 Å². The molecule has 0 saturated carbocycles. The highest BCUT2D eigenvalue weighted by atomic mass is 32.1. The van der Waals surface area contributed by atoms with Gasteiger partial charge in [0.05, 0.1) is 12.5 Å². The molecule has 5 atom stereocenters. The molecule has 202 valence electrons. The molecule has 0 aliphatic heterocycles. The van der Waals surface area contributed by atoms with E-state index in [1.54, 1.807) is 32.2 Å². The number of fused-ring (bicyclic) bond motifs is 1. The summed E-state index contributed by atoms with van der Waals surface area (Å²) < 4.78 is 0. The summed E-state index contributed by atoms with van der Waals surface area (Å²) in [7, 11) is 0. The second-order valence-corrected chi connectivity index (χ2v) is 9.15. The molecule has 2 rings (SSSR count). The Hall–Kier alpha value is -3.58. The molecule has 0 fully saturated rings. The summed E-state index contributed by atoms with van der Waals surface area (Å²) in [5.74, 6) is -5.45. The predicted octanol–water partition coefficient (Wildman–Crippen LogP) is 0.0273. The van der Waals surface area contributed by atoms with Crippen LogP contribution in [0.4, 0.5) is 0 Å². The van der Waals surface area contributed by atoms with E-state index in [2.05, 4.69) is 33.6 Å². The number of nitrogens with one attached hydrogen (secondary N) is 4. The molecule has 0 aliphatic rings. The fourth-order valence-electron chi connectivity index (χ4n) is 3.68. The van der Waals surface area contributed by atoms with Crippen LogP contribution < -0.4 is 21.7 Å². The zero-order valence-electron chi connectivity index (χ0n) is 20.6. The van der Waals surface area contributed by atoms with Crippen LogP contribution in [0.1, 0.15) is 32.3 Å². The van der Waals surface area contributed by atoms with Crippen molar-refractivity contribution in [3.63, 3.8) is 0 Å². The Morgan fingerprint density at radius 3 is 2.24 bits per heavy atom. The highest BCUT2D eigenvalue weighted by molar-refractivity contribution is 7.80. The summed E-state index contributed by atoms with van der Waals surface area (Å²) in [5, 5.41) is 27.0. The van der Waals surface area contributed by atoms with Crippen molar-refractivity contribution in [2.75, 3.05) is 5.75 Å². The minimum atomic E-state index is -1.59. The number of para-hydroxylation sites is 1. The van der Waals surface area contributed by atoms with Crippen LogP contribution in [-0.4, -0.2) is 74.8 Å². The van der Waals surface area contributed by atoms with E-state index in [1.165, 1.54) is 0 Å². The molecule has 3 amide bonds. The first kappa shape index (κ1) is 29.6. The van der Waals surface area contributed by atoms with E-state index in [-0.39, 0.29) is 18.1 Å². The number of hydrogen-bond donors (Lipinski definition) is 8. The molecule has 1 aromatic carbocycles. The molecule has 0 spiro atoms. The number of rotatable bonds is 14. The van der Waals surface area contributed by atoms with Gasteiger partial charge in [0.1, 0.15) is 18.1 Å². The van der Waals surface area contributed by atoms with Crippen molar-refractivity contribution in [2.24, 2.45) is 11.7 Å². The zero-order chi connectivity index (χ0) is 27.7. The Bertz CT molecular complexity index is 1140. The molecule has 0 bridgehead atoms. The summed E-state index contributed by atoms with van der Waals surface area (Å²) in [6, 6.07) is 2.19. The smallest absolute Gasteiger partial charge is 0.326 e. The van der Waals surface area contributed by atoms with Crippen LogP contribution in [0.3, 0.4) is 0 Å². The van der Waals surface area contributed by atoms with Gasteiger partial charge in [-0.1, -0.05) is 38.5 Å². The van der Waals surface area contributed by atoms with Gasteiger partial charge in [0.15, 0.2) is 0 Å². The van der Waals surface area contributed by atoms with E-state index in [4.69, 9.17) is 5.73 Å². The van der Waals surface area contributed by atoms with E-state index in [9.17, 15) is 34.2 Å². The third-order valence-corrected chi connectivity index (χ3v) is 6.45. The maximum Gasteiger partial charge on any atom is 0.326 e. The number of carboxylic acid groups (broad SMARTS) is 2. The van der Waals surface area contributed by atoms with Gasteiger partial charge in [0, 0.05) is 29.3 Å². The first-order valence-electron chi connectivity index (χ1n) is 11.8. The lowest BCUT2D eigenvalue weighted by Crippen LogP contribution is -2.59. The first-order valence-corrected chi connectivity index (χ1v) is 12.4. The van der Waals surface area contributed by atoms with E-state index >= 15 is 0 Å². The Morgan fingerprint density at radius 1 is 1.00 bits per heavy atom. The Labute approximate surface area is 219 Å². The van der Waals surface area contributed by atoms with Crippen LogP contribution in [0.25, 0.3) is 10.9 Å². The molecule has 37 heavy (non-hydrogen) atoms. The second kappa shape index (κ2) is 13.7. The Morgan fingerprint density at radius 2 is 1.65 bits per heavy atom. The van der Waals surface area contributed by atoms with E-state index in [0.717, 1.165) is 10.9 Å². The van der Waals surface area contributed by atoms with Crippen LogP contribution in [0.2, 0.25) is 0 Å². The molecule has 5 unspecified atom stereocenters. The standard InChI is InChI=1S/C24H33N5O7S/c1-3-12(2)20(29-21(32)15(25)11-37)23(34)27-17(9-19(30)31)22(33)28-18(24(35)36)8-13-10-26-16-7-5-4-6-14(13)16/h4-7,10,12,15,17-18,20,26,37H,3,8-9,11,25H2,1-2H3,(H,27,34)(H,28,33)(H,29,32)(H,30,31)(H,35,36). The first-order chi connectivity index (χ1) is 17.5. The van der Waals surface area contributed by atoms with Gasteiger partial charge in [-0.15, -0.1) is 0 Å². The number of hydrogen-bond acceptors (Lipinski definition) is 7. The summed E-state index contributed by atoms with van der Waals surface area (Å²) in [6.07, 6.45) is 1.24. The third-order valence-electron chi connectivity index (χ3n) is 6.05. The van der Waals surface area contributed by atoms with Gasteiger partial charge in [-0.3, -0.25) is 19.2 Å². The van der Waals surface area contributed by atoms with Crippen LogP contribution in [0.15, 0.2) is 30.5 Å². The Kier molecular flexibility index (Phi) is 10.9. The monoisotopic (exact) mass is 535 g/mol. The molecule has 8 N–H and O–H groups in total. The van der Waals surface area contributed by atoms with Gasteiger partial charge in [-0.25, -0.2) is 4.79 Å². The van der Waals surface area contributed by atoms with Crippen molar-refractivity contribution in [1.29, 1.82) is 0 Å². The summed E-state index contributed by atoms with van der Waals surface area (Å²) in [5.41, 5.74) is 7.11. The average molecular weight is 536 g/mol. The van der Waals surface area contributed by atoms with Gasteiger partial charge >= 0.3 is 11.9 Å². The van der Waals surface area contributed by atoms with Gasteiger partial charge in [0.2, 0.25) is 17.7 Å². The molecule has 2 aromatic rings. The number of nitrogens with two attached hydrogens (primary N) is 1. The zero-order valence-corrected chi connectivity index (χ0v) is 21.5. The van der Waals surface area contributed by atoms with Crippen LogP contribution in [0.5, 0.6) is 0 Å². The predicted molar refractivity (Wildman–Crippen MR) is 139 cm³/mol. The molecule has 0 aliphatic carbocycles. The highest BCUT2D eigenvalue weighted by Gasteiger charge is 2.33. The third kappa shape index (κ3) is 8.22. The molecule has 1 aromatic heterocycles. The maximum absolute atomic E-state index is 13.0. The number of aliphatic carboxylic acids is 2. The van der Waals surface area contributed by atoms with E-state index in [1.807, 2.05) is 12.1 Å². The lowest BCUT2D eigenvalue weighted by atomic mass is 9.97. The number of H-pyrrole nitrogens is 1. The number of carbonyl (C=O) groups excluding carboxylic acids is 3. The number of aromatic nitrogens is 1. The van der Waals surface area contributed by atoms with Crippen molar-refractivity contribution in [3.8, 4) is 0 Å². The fourth-order valence-corrected chi connectivity index (χ4v) is 3.85. The van der Waals surface area contributed by atoms with Crippen LogP contribution in [-0.2, 0) is 30.4 Å². The molecular formula is C24H33N5O7S. The SMILES string of the molecule is CCC(C)C(NC(=O)C(N)CS)C(=O)NC(CC(=O)O)C(=O)NC(Cc1c[nH]c2ccccc12)C(=O)O. The summed E-state index contributed by atoms with van der Waals surface area (Å²) in [6.45, 7) is 3.49. The van der Waals surface area contributed by atoms with Crippen LogP contribution in [0, 0.1) is 5.92 Å². The number of aromatic amines is 1. The molecule has 13 heteroatoms. The lowest BCUT2D eigenvalue weighted by Gasteiger charge is -2.27. The maximum atomic E-state index is 13.0. The van der Waals surface area contributed by atoms with Gasteiger partial charge in [-0.05, 0) is 17.5 Å². The molecule has 1 heterocycles. The largest absolute Gasteiger partial charge is 0.481 e. The average Bonchev–Trinajstić information content (AvgIpc) is 3.27. The second-order valence-electron chi connectivity index (χ2n) is 8.78. The van der Waals surface area contributed by atoms with Crippen molar-refractivity contribution in [3.05, 3.63) is 36.0 Å². The normalized spacial score (nSPS) is 15.1. The van der Waals surface area contributed by atoms with Crippen molar-refractivity contribution >= 4 is 53.2 Å². The Balaban J connectivity index is 2.20. The lowest BCUT2D eigenvalue weighted by molar-refractivity contribution is -0.143. The van der Waals surface area contributed by atoms with E-state index < -0.39 is 60.2 Å². The molecule has 0 radical (unpaired) electrons. The number of carbonyl (C=O) groups is 5. The van der Waals surface area contributed by atoms with Gasteiger partial charge in [0.25, 0.3) is 0 Å². The molecular weight excluding hydrogens is 502 g/mol. The minimum Gasteiger partial charge on any atom is -0.481 e. The van der Waals surface area contributed by atoms with Crippen LogP contribution >= 0.6 is 12.6 Å². The van der Waals surface area contributed by atoms with Gasteiger partial charge < -0.3 is 36.9 Å². The molecule has 12 nitrogen and oxygen atoms in total. The minimum absolute atomic E-state index is 0.0394. The van der Waals surface area contributed by atoms with Crippen molar-refractivity contribution in [2.45, 2.75) is 57.3 Å². The summed E-state index contributed by atoms with van der Waals surface area (Å²) >= 11 is 3.97. The number of carboxylic acids is 2. The number of thiol groups is 1. The van der Waals surface area contributed by atoms with Crippen molar-refractivity contribution in [1.82, 2.24) is 20.9 Å². The fraction of sp³-hybridized carbons (Fsp3) is 0.458. The van der Waals surface area contributed by atoms with Crippen molar-refractivity contribution < 1.29 is 34.2 Å². The quantitative estimate of drug-likeness (QED) is 0.155. The highest BCUT2D eigenvalue weighted by Crippen LogP contribution is 2.19. The molecule has 0 saturated heterocycles. The summed E-state index contributed by atoms with van der Waals surface area (Å²) in [4.78, 5) is 64.7. The van der Waals surface area contributed by atoms with Gasteiger partial charge in [-0.2, -0.15) is 12.6 Å². The topological polar surface area (TPSA) is 204 Å². The number of benzene rings is 1.